The van der Waals surface area contributed by atoms with E-state index in [1.807, 2.05) is 61.5 Å². The van der Waals surface area contributed by atoms with E-state index in [2.05, 4.69) is 17.6 Å². The number of rotatable bonds is 3. The van der Waals surface area contributed by atoms with Crippen LogP contribution in [0.15, 0.2) is 59.5 Å². The Hall–Kier alpha value is -2.46. The number of carboxylic acids is 1. The van der Waals surface area contributed by atoms with E-state index in [-0.39, 0.29) is 5.69 Å². The van der Waals surface area contributed by atoms with E-state index in [0.29, 0.717) is 0 Å². The minimum Gasteiger partial charge on any atom is -0.477 e. The standard InChI is InChI=1S/C18H15NO2S/c1-11-15(12-7-9-14(22)10-8-12)17(18(20)21)19-16(11)13-5-3-2-4-6-13/h2-10,19,22H,1H3,(H,20,21). The van der Waals surface area contributed by atoms with Gasteiger partial charge in [0.25, 0.3) is 0 Å². The van der Waals surface area contributed by atoms with Crippen LogP contribution in [0.4, 0.5) is 0 Å². The van der Waals surface area contributed by atoms with Crippen LogP contribution in [0.2, 0.25) is 0 Å². The zero-order chi connectivity index (χ0) is 15.7. The fraction of sp³-hybridized carbons (Fsp3) is 0.0556. The molecule has 4 heteroatoms. The van der Waals surface area contributed by atoms with Crippen molar-refractivity contribution in [1.82, 2.24) is 4.98 Å². The lowest BCUT2D eigenvalue weighted by Crippen LogP contribution is -1.99. The van der Waals surface area contributed by atoms with Crippen LogP contribution >= 0.6 is 12.6 Å². The second-order valence-corrected chi connectivity index (χ2v) is 5.61. The summed E-state index contributed by atoms with van der Waals surface area (Å²) in [5.74, 6) is -0.963. The number of aromatic carboxylic acids is 1. The Morgan fingerprint density at radius 1 is 1.00 bits per heavy atom. The number of thiol groups is 1. The van der Waals surface area contributed by atoms with E-state index < -0.39 is 5.97 Å². The van der Waals surface area contributed by atoms with Gasteiger partial charge in [-0.15, -0.1) is 12.6 Å². The Labute approximate surface area is 134 Å². The molecular weight excluding hydrogens is 294 g/mol. The molecule has 3 aromatic rings. The quantitative estimate of drug-likeness (QED) is 0.617. The highest BCUT2D eigenvalue weighted by molar-refractivity contribution is 7.80. The minimum absolute atomic E-state index is 0.211. The largest absolute Gasteiger partial charge is 0.477 e. The summed E-state index contributed by atoms with van der Waals surface area (Å²) in [4.78, 5) is 15.5. The molecule has 3 rings (SSSR count). The molecule has 0 radical (unpaired) electrons. The number of aromatic amines is 1. The molecule has 1 aromatic heterocycles. The summed E-state index contributed by atoms with van der Waals surface area (Å²) in [6.07, 6.45) is 0. The van der Waals surface area contributed by atoms with Crippen molar-refractivity contribution in [3.63, 3.8) is 0 Å². The Morgan fingerprint density at radius 3 is 2.23 bits per heavy atom. The molecule has 0 amide bonds. The first-order valence-corrected chi connectivity index (χ1v) is 7.33. The van der Waals surface area contributed by atoms with Gasteiger partial charge < -0.3 is 10.1 Å². The molecule has 0 spiro atoms. The molecule has 0 aliphatic rings. The van der Waals surface area contributed by atoms with Gasteiger partial charge in [0, 0.05) is 16.2 Å². The van der Waals surface area contributed by atoms with E-state index in [1.54, 1.807) is 0 Å². The smallest absolute Gasteiger partial charge is 0.352 e. The molecule has 0 unspecified atom stereocenters. The van der Waals surface area contributed by atoms with Gasteiger partial charge in [0.15, 0.2) is 0 Å². The van der Waals surface area contributed by atoms with Gasteiger partial charge in [-0.25, -0.2) is 4.79 Å². The maximum atomic E-state index is 11.6. The lowest BCUT2D eigenvalue weighted by atomic mass is 9.99. The van der Waals surface area contributed by atoms with Crippen LogP contribution in [-0.4, -0.2) is 16.1 Å². The van der Waals surface area contributed by atoms with E-state index in [0.717, 1.165) is 32.8 Å². The zero-order valence-corrected chi connectivity index (χ0v) is 12.9. The molecule has 22 heavy (non-hydrogen) atoms. The first-order chi connectivity index (χ1) is 10.6. The minimum atomic E-state index is -0.963. The molecular formula is C18H15NO2S. The number of H-pyrrole nitrogens is 1. The van der Waals surface area contributed by atoms with Gasteiger partial charge in [-0.1, -0.05) is 42.5 Å². The molecule has 0 saturated carbocycles. The molecule has 110 valence electrons. The number of aromatic nitrogens is 1. The molecule has 0 saturated heterocycles. The molecule has 1 heterocycles. The molecule has 3 nitrogen and oxygen atoms in total. The summed E-state index contributed by atoms with van der Waals surface area (Å²) < 4.78 is 0. The van der Waals surface area contributed by atoms with Crippen LogP contribution < -0.4 is 0 Å². The lowest BCUT2D eigenvalue weighted by molar-refractivity contribution is 0.0692. The maximum Gasteiger partial charge on any atom is 0.352 e. The SMILES string of the molecule is Cc1c(-c2ccccc2)[nH]c(C(=O)O)c1-c1ccc(S)cc1. The zero-order valence-electron chi connectivity index (χ0n) is 12.0. The second kappa shape index (κ2) is 5.73. The van der Waals surface area contributed by atoms with Crippen molar-refractivity contribution < 1.29 is 9.90 Å². The average Bonchev–Trinajstić information content (AvgIpc) is 2.87. The highest BCUT2D eigenvalue weighted by Gasteiger charge is 2.21. The molecule has 0 bridgehead atoms. The second-order valence-electron chi connectivity index (χ2n) is 5.09. The normalized spacial score (nSPS) is 10.6. The topological polar surface area (TPSA) is 53.1 Å². The lowest BCUT2D eigenvalue weighted by Gasteiger charge is -2.04. The summed E-state index contributed by atoms with van der Waals surface area (Å²) in [5, 5.41) is 9.52. The summed E-state index contributed by atoms with van der Waals surface area (Å²) in [5.41, 5.74) is 4.53. The number of benzene rings is 2. The van der Waals surface area contributed by atoms with E-state index >= 15 is 0 Å². The van der Waals surface area contributed by atoms with Crippen molar-refractivity contribution in [1.29, 1.82) is 0 Å². The van der Waals surface area contributed by atoms with E-state index in [1.165, 1.54) is 0 Å². The molecule has 2 N–H and O–H groups in total. The number of nitrogens with one attached hydrogen (secondary N) is 1. The summed E-state index contributed by atoms with van der Waals surface area (Å²) >= 11 is 4.27. The Kier molecular flexibility index (Phi) is 3.77. The molecule has 0 atom stereocenters. The predicted molar refractivity (Wildman–Crippen MR) is 90.6 cm³/mol. The van der Waals surface area contributed by atoms with E-state index in [4.69, 9.17) is 0 Å². The van der Waals surface area contributed by atoms with Gasteiger partial charge in [-0.05, 0) is 35.7 Å². The van der Waals surface area contributed by atoms with Gasteiger partial charge in [0.1, 0.15) is 5.69 Å². The van der Waals surface area contributed by atoms with Crippen molar-refractivity contribution in [2.45, 2.75) is 11.8 Å². The van der Waals surface area contributed by atoms with Gasteiger partial charge in [-0.3, -0.25) is 0 Å². The van der Waals surface area contributed by atoms with Crippen molar-refractivity contribution in [3.8, 4) is 22.4 Å². The first kappa shape index (κ1) is 14.5. The molecule has 2 aromatic carbocycles. The number of hydrogen-bond acceptors (Lipinski definition) is 2. The monoisotopic (exact) mass is 309 g/mol. The van der Waals surface area contributed by atoms with Crippen LogP contribution in [-0.2, 0) is 0 Å². The Bertz CT molecular complexity index is 820. The van der Waals surface area contributed by atoms with Crippen molar-refractivity contribution in [2.24, 2.45) is 0 Å². The summed E-state index contributed by atoms with van der Waals surface area (Å²) in [7, 11) is 0. The van der Waals surface area contributed by atoms with Crippen LogP contribution in [0.25, 0.3) is 22.4 Å². The van der Waals surface area contributed by atoms with Gasteiger partial charge in [-0.2, -0.15) is 0 Å². The van der Waals surface area contributed by atoms with Crippen LogP contribution in [0.5, 0.6) is 0 Å². The summed E-state index contributed by atoms with van der Waals surface area (Å²) in [6.45, 7) is 1.94. The van der Waals surface area contributed by atoms with Crippen LogP contribution in [0, 0.1) is 6.92 Å². The van der Waals surface area contributed by atoms with Crippen LogP contribution in [0.1, 0.15) is 16.1 Å². The highest BCUT2D eigenvalue weighted by atomic mass is 32.1. The number of hydrogen-bond donors (Lipinski definition) is 3. The van der Waals surface area contributed by atoms with Gasteiger partial charge in [0.05, 0.1) is 0 Å². The van der Waals surface area contributed by atoms with E-state index in [9.17, 15) is 9.90 Å². The predicted octanol–water partition coefficient (Wildman–Crippen LogP) is 4.64. The van der Waals surface area contributed by atoms with Crippen molar-refractivity contribution >= 4 is 18.6 Å². The number of carboxylic acid groups (broad SMARTS) is 1. The third-order valence-electron chi connectivity index (χ3n) is 3.68. The third kappa shape index (κ3) is 2.53. The van der Waals surface area contributed by atoms with Gasteiger partial charge in [0.2, 0.25) is 0 Å². The Morgan fingerprint density at radius 2 is 1.64 bits per heavy atom. The van der Waals surface area contributed by atoms with Gasteiger partial charge >= 0.3 is 5.97 Å². The molecule has 0 aliphatic heterocycles. The van der Waals surface area contributed by atoms with Crippen molar-refractivity contribution in [3.05, 3.63) is 65.9 Å². The maximum absolute atomic E-state index is 11.6. The number of carbonyl (C=O) groups is 1. The van der Waals surface area contributed by atoms with Crippen molar-refractivity contribution in [2.75, 3.05) is 0 Å². The third-order valence-corrected chi connectivity index (χ3v) is 3.98. The Balaban J connectivity index is 2.23. The first-order valence-electron chi connectivity index (χ1n) is 6.88. The molecule has 0 fully saturated rings. The molecule has 0 aliphatic carbocycles. The fourth-order valence-corrected chi connectivity index (χ4v) is 2.79. The average molecular weight is 309 g/mol. The van der Waals surface area contributed by atoms with Crippen LogP contribution in [0.3, 0.4) is 0 Å². The summed E-state index contributed by atoms with van der Waals surface area (Å²) in [6, 6.07) is 17.2. The fourth-order valence-electron chi connectivity index (χ4n) is 2.64. The highest BCUT2D eigenvalue weighted by Crippen LogP contribution is 2.35.